The zero-order chi connectivity index (χ0) is 19.9. The van der Waals surface area contributed by atoms with Crippen LogP contribution < -0.4 is 20.7 Å². The van der Waals surface area contributed by atoms with Crippen LogP contribution in [-0.4, -0.2) is 31.0 Å². The molecule has 2 aromatic carbocycles. The van der Waals surface area contributed by atoms with Crippen molar-refractivity contribution < 1.29 is 14.3 Å². The number of carbonyl (C=O) groups is 2. The van der Waals surface area contributed by atoms with Gasteiger partial charge in [0.15, 0.2) is 0 Å². The van der Waals surface area contributed by atoms with Crippen molar-refractivity contribution in [2.24, 2.45) is 0 Å². The number of nitrogens with zero attached hydrogens (tertiary/aromatic N) is 1. The molecule has 28 heavy (non-hydrogen) atoms. The maximum atomic E-state index is 12.8. The Morgan fingerprint density at radius 2 is 1.68 bits per heavy atom. The van der Waals surface area contributed by atoms with Crippen molar-refractivity contribution in [3.63, 3.8) is 0 Å². The van der Waals surface area contributed by atoms with Crippen molar-refractivity contribution >= 4 is 29.0 Å². The van der Waals surface area contributed by atoms with Crippen LogP contribution in [0.25, 0.3) is 0 Å². The van der Waals surface area contributed by atoms with Gasteiger partial charge in [-0.05, 0) is 48.5 Å². The Kier molecular flexibility index (Phi) is 5.86. The molecule has 0 spiro atoms. The van der Waals surface area contributed by atoms with E-state index in [1.165, 1.54) is 0 Å². The number of rotatable bonds is 6. The Balaban J connectivity index is 1.80. The van der Waals surface area contributed by atoms with Crippen molar-refractivity contribution in [3.05, 3.63) is 78.0 Å². The van der Waals surface area contributed by atoms with E-state index in [0.717, 1.165) is 0 Å². The number of amides is 2. The van der Waals surface area contributed by atoms with Gasteiger partial charge in [-0.1, -0.05) is 12.1 Å². The van der Waals surface area contributed by atoms with Crippen molar-refractivity contribution in [3.8, 4) is 5.75 Å². The normalized spacial score (nSPS) is 10.1. The number of anilines is 3. The SMILES string of the molecule is CNC(=O)c1ccc(NC(=O)c2cccnc2Nc2ccccc2OC)cc1. The molecule has 1 heterocycles. The number of pyridine rings is 1. The van der Waals surface area contributed by atoms with Gasteiger partial charge in [-0.2, -0.15) is 0 Å². The second-order valence-electron chi connectivity index (χ2n) is 5.84. The first-order valence-electron chi connectivity index (χ1n) is 8.61. The van der Waals surface area contributed by atoms with Crippen LogP contribution in [-0.2, 0) is 0 Å². The number of nitrogens with one attached hydrogen (secondary N) is 3. The van der Waals surface area contributed by atoms with Gasteiger partial charge in [0.2, 0.25) is 0 Å². The zero-order valence-corrected chi connectivity index (χ0v) is 15.5. The number of benzene rings is 2. The van der Waals surface area contributed by atoms with Crippen molar-refractivity contribution in [1.82, 2.24) is 10.3 Å². The molecule has 7 heteroatoms. The maximum absolute atomic E-state index is 12.8. The molecule has 3 rings (SSSR count). The summed E-state index contributed by atoms with van der Waals surface area (Å²) in [7, 11) is 3.14. The molecule has 7 nitrogen and oxygen atoms in total. The summed E-state index contributed by atoms with van der Waals surface area (Å²) in [5, 5.41) is 8.51. The molecule has 0 saturated heterocycles. The third kappa shape index (κ3) is 4.27. The van der Waals surface area contributed by atoms with Crippen LogP contribution in [0.4, 0.5) is 17.2 Å². The fourth-order valence-electron chi connectivity index (χ4n) is 2.61. The molecule has 0 aliphatic rings. The zero-order valence-electron chi connectivity index (χ0n) is 15.5. The van der Waals surface area contributed by atoms with Gasteiger partial charge in [-0.3, -0.25) is 9.59 Å². The van der Waals surface area contributed by atoms with Crippen LogP contribution in [0, 0.1) is 0 Å². The first kappa shape index (κ1) is 18.9. The molecule has 0 bridgehead atoms. The third-order valence-electron chi connectivity index (χ3n) is 4.04. The predicted molar refractivity (Wildman–Crippen MR) is 108 cm³/mol. The molecule has 0 radical (unpaired) electrons. The second-order valence-corrected chi connectivity index (χ2v) is 5.84. The highest BCUT2D eigenvalue weighted by atomic mass is 16.5. The number of ether oxygens (including phenoxy) is 1. The smallest absolute Gasteiger partial charge is 0.259 e. The van der Waals surface area contributed by atoms with Gasteiger partial charge in [0.05, 0.1) is 18.4 Å². The van der Waals surface area contributed by atoms with Gasteiger partial charge in [-0.25, -0.2) is 4.98 Å². The molecule has 1 aromatic heterocycles. The van der Waals surface area contributed by atoms with Gasteiger partial charge < -0.3 is 20.7 Å². The summed E-state index contributed by atoms with van der Waals surface area (Å²) in [6, 6.07) is 17.4. The van der Waals surface area contributed by atoms with Gasteiger partial charge in [0.25, 0.3) is 11.8 Å². The summed E-state index contributed by atoms with van der Waals surface area (Å²) in [4.78, 5) is 28.6. The lowest BCUT2D eigenvalue weighted by molar-refractivity contribution is 0.0962. The first-order chi connectivity index (χ1) is 13.6. The minimum absolute atomic E-state index is 0.187. The largest absolute Gasteiger partial charge is 0.495 e. The molecule has 0 unspecified atom stereocenters. The molecule has 0 atom stereocenters. The standard InChI is InChI=1S/C21H20N4O3/c1-22-20(26)14-9-11-15(12-10-14)24-21(27)16-6-5-13-23-19(16)25-17-7-3-4-8-18(17)28-2/h3-13H,1-2H3,(H,22,26)(H,23,25)(H,24,27). The highest BCUT2D eigenvalue weighted by molar-refractivity contribution is 6.08. The van der Waals surface area contributed by atoms with E-state index in [-0.39, 0.29) is 11.8 Å². The highest BCUT2D eigenvalue weighted by Crippen LogP contribution is 2.27. The summed E-state index contributed by atoms with van der Waals surface area (Å²) >= 11 is 0. The average molecular weight is 376 g/mol. The Morgan fingerprint density at radius 3 is 2.39 bits per heavy atom. The molecule has 0 fully saturated rings. The first-order valence-corrected chi connectivity index (χ1v) is 8.61. The second kappa shape index (κ2) is 8.68. The maximum Gasteiger partial charge on any atom is 0.259 e. The molecule has 142 valence electrons. The number of hydrogen-bond donors (Lipinski definition) is 3. The summed E-state index contributed by atoms with van der Waals surface area (Å²) in [6.45, 7) is 0. The molecule has 2 amide bonds. The van der Waals surface area contributed by atoms with Crippen molar-refractivity contribution in [2.75, 3.05) is 24.8 Å². The van der Waals surface area contributed by atoms with Crippen LogP contribution >= 0.6 is 0 Å². The molecule has 3 aromatic rings. The fraction of sp³-hybridized carbons (Fsp3) is 0.0952. The number of para-hydroxylation sites is 2. The summed E-state index contributed by atoms with van der Waals surface area (Å²) in [5.41, 5.74) is 2.17. The van der Waals surface area contributed by atoms with E-state index in [9.17, 15) is 9.59 Å². The van der Waals surface area contributed by atoms with Gasteiger partial charge in [0, 0.05) is 24.5 Å². The number of hydrogen-bond acceptors (Lipinski definition) is 5. The predicted octanol–water partition coefficient (Wildman–Crippen LogP) is 3.45. The third-order valence-corrected chi connectivity index (χ3v) is 4.04. The van der Waals surface area contributed by atoms with Crippen LogP contribution in [0.3, 0.4) is 0 Å². The monoisotopic (exact) mass is 376 g/mol. The van der Waals surface area contributed by atoms with Gasteiger partial charge in [-0.15, -0.1) is 0 Å². The Bertz CT molecular complexity index is 987. The van der Waals surface area contributed by atoms with E-state index >= 15 is 0 Å². The van der Waals surface area contributed by atoms with Crippen LogP contribution in [0.15, 0.2) is 66.9 Å². The molecule has 0 aliphatic carbocycles. The Morgan fingerprint density at radius 1 is 0.929 bits per heavy atom. The Hall–Kier alpha value is -3.87. The lowest BCUT2D eigenvalue weighted by Gasteiger charge is -2.13. The van der Waals surface area contributed by atoms with Crippen LogP contribution in [0.1, 0.15) is 20.7 Å². The summed E-state index contributed by atoms with van der Waals surface area (Å²) < 4.78 is 5.33. The van der Waals surface area contributed by atoms with Gasteiger partial charge >= 0.3 is 0 Å². The molecular weight excluding hydrogens is 356 g/mol. The van der Waals surface area contributed by atoms with Gasteiger partial charge in [0.1, 0.15) is 11.6 Å². The molecule has 0 aliphatic heterocycles. The topological polar surface area (TPSA) is 92.4 Å². The average Bonchev–Trinajstić information content (AvgIpc) is 2.74. The number of aromatic nitrogens is 1. The van der Waals surface area contributed by atoms with E-state index in [1.807, 2.05) is 24.3 Å². The highest BCUT2D eigenvalue weighted by Gasteiger charge is 2.14. The molecular formula is C21H20N4O3. The lowest BCUT2D eigenvalue weighted by Crippen LogP contribution is -2.18. The van der Waals surface area contributed by atoms with E-state index in [0.29, 0.717) is 34.1 Å². The van der Waals surface area contributed by atoms with Crippen LogP contribution in [0.5, 0.6) is 5.75 Å². The Labute approximate surface area is 162 Å². The van der Waals surface area contributed by atoms with E-state index in [2.05, 4.69) is 20.9 Å². The van der Waals surface area contributed by atoms with E-state index < -0.39 is 0 Å². The lowest BCUT2D eigenvalue weighted by atomic mass is 10.1. The van der Waals surface area contributed by atoms with E-state index in [1.54, 1.807) is 56.8 Å². The van der Waals surface area contributed by atoms with E-state index in [4.69, 9.17) is 4.74 Å². The molecule has 0 saturated carbocycles. The van der Waals surface area contributed by atoms with Crippen molar-refractivity contribution in [1.29, 1.82) is 0 Å². The summed E-state index contributed by atoms with van der Waals surface area (Å²) in [6.07, 6.45) is 1.60. The fourth-order valence-corrected chi connectivity index (χ4v) is 2.61. The number of carbonyl (C=O) groups excluding carboxylic acids is 2. The quantitative estimate of drug-likeness (QED) is 0.613. The minimum Gasteiger partial charge on any atom is -0.495 e. The summed E-state index contributed by atoms with van der Waals surface area (Å²) in [5.74, 6) is 0.544. The van der Waals surface area contributed by atoms with Crippen molar-refractivity contribution in [2.45, 2.75) is 0 Å². The molecule has 3 N–H and O–H groups in total. The van der Waals surface area contributed by atoms with Crippen LogP contribution in [0.2, 0.25) is 0 Å². The minimum atomic E-state index is -0.321. The number of methoxy groups -OCH3 is 1.